The normalized spacial score (nSPS) is 14.4. The van der Waals surface area contributed by atoms with Gasteiger partial charge in [-0.3, -0.25) is 4.90 Å². The van der Waals surface area contributed by atoms with Crippen molar-refractivity contribution in [3.8, 4) is 0 Å². The second-order valence-electron chi connectivity index (χ2n) is 5.51. The van der Waals surface area contributed by atoms with Gasteiger partial charge in [0.2, 0.25) is 0 Å². The maximum absolute atomic E-state index is 13.0. The summed E-state index contributed by atoms with van der Waals surface area (Å²) < 4.78 is 18.7. The highest BCUT2D eigenvalue weighted by molar-refractivity contribution is 5.17. The van der Waals surface area contributed by atoms with Gasteiger partial charge < -0.3 is 10.2 Å². The minimum atomic E-state index is -0.218. The number of halogens is 1. The van der Waals surface area contributed by atoms with Gasteiger partial charge in [-0.1, -0.05) is 19.1 Å². The van der Waals surface area contributed by atoms with Crippen LogP contribution in [-0.2, 0) is 6.54 Å². The molecule has 0 saturated carbocycles. The van der Waals surface area contributed by atoms with E-state index in [1.807, 2.05) is 26.1 Å². The Bertz CT molecular complexity index is 564. The molecule has 1 heterocycles. The molecule has 0 bridgehead atoms. The van der Waals surface area contributed by atoms with Crippen LogP contribution in [0.3, 0.4) is 0 Å². The van der Waals surface area contributed by atoms with E-state index in [2.05, 4.69) is 11.8 Å². The number of nitrogens with zero attached hydrogens (tertiary/aromatic N) is 1. The average Bonchev–Trinajstić information content (AvgIpc) is 2.87. The third kappa shape index (κ3) is 3.93. The summed E-state index contributed by atoms with van der Waals surface area (Å²) in [5.74, 6) is 1.55. The molecule has 0 radical (unpaired) electrons. The molecule has 2 N–H and O–H groups in total. The highest BCUT2D eigenvalue weighted by atomic mass is 19.1. The number of aryl methyl sites for hydroxylation is 1. The minimum Gasteiger partial charge on any atom is -0.465 e. The van der Waals surface area contributed by atoms with E-state index in [1.54, 1.807) is 12.1 Å². The molecule has 3 nitrogen and oxygen atoms in total. The number of furan rings is 1. The molecule has 0 aliphatic rings. The summed E-state index contributed by atoms with van der Waals surface area (Å²) in [5.41, 5.74) is 7.33. The minimum absolute atomic E-state index is 0.00810. The van der Waals surface area contributed by atoms with Crippen molar-refractivity contribution >= 4 is 0 Å². The first-order chi connectivity index (χ1) is 10.0. The molecule has 0 saturated heterocycles. The zero-order valence-corrected chi connectivity index (χ0v) is 12.8. The van der Waals surface area contributed by atoms with Crippen LogP contribution in [-0.4, -0.2) is 18.0 Å². The van der Waals surface area contributed by atoms with Gasteiger partial charge in [0.25, 0.3) is 0 Å². The van der Waals surface area contributed by atoms with Crippen molar-refractivity contribution in [2.75, 3.05) is 7.05 Å². The highest BCUT2D eigenvalue weighted by Crippen LogP contribution is 2.27. The quantitative estimate of drug-likeness (QED) is 0.883. The maximum Gasteiger partial charge on any atom is 0.123 e. The first kappa shape index (κ1) is 15.7. The van der Waals surface area contributed by atoms with Gasteiger partial charge in [-0.25, -0.2) is 4.39 Å². The van der Waals surface area contributed by atoms with Crippen molar-refractivity contribution in [2.24, 2.45) is 5.73 Å². The monoisotopic (exact) mass is 290 g/mol. The van der Waals surface area contributed by atoms with Crippen molar-refractivity contribution in [3.05, 3.63) is 59.3 Å². The number of rotatable bonds is 6. The zero-order valence-electron chi connectivity index (χ0n) is 12.8. The summed E-state index contributed by atoms with van der Waals surface area (Å²) in [7, 11) is 2.02. The molecule has 0 aliphatic carbocycles. The Morgan fingerprint density at radius 3 is 2.38 bits per heavy atom. The molecular weight excluding hydrogens is 267 g/mol. The van der Waals surface area contributed by atoms with Gasteiger partial charge in [-0.2, -0.15) is 0 Å². The van der Waals surface area contributed by atoms with Gasteiger partial charge in [0.05, 0.1) is 6.04 Å². The molecule has 0 amide bonds. The number of hydrogen-bond donors (Lipinski definition) is 1. The van der Waals surface area contributed by atoms with E-state index in [4.69, 9.17) is 10.2 Å². The average molecular weight is 290 g/mol. The molecule has 2 atom stereocenters. The van der Waals surface area contributed by atoms with Gasteiger partial charge in [0, 0.05) is 12.6 Å². The van der Waals surface area contributed by atoms with Crippen LogP contribution in [0, 0.1) is 12.7 Å². The van der Waals surface area contributed by atoms with E-state index in [1.165, 1.54) is 12.1 Å². The van der Waals surface area contributed by atoms with Crippen molar-refractivity contribution in [3.63, 3.8) is 0 Å². The molecule has 0 spiro atoms. The number of benzene rings is 1. The van der Waals surface area contributed by atoms with Gasteiger partial charge in [0.15, 0.2) is 0 Å². The fraction of sp³-hybridized carbons (Fsp3) is 0.412. The van der Waals surface area contributed by atoms with Gasteiger partial charge in [0.1, 0.15) is 17.3 Å². The van der Waals surface area contributed by atoms with Gasteiger partial charge in [-0.15, -0.1) is 0 Å². The largest absolute Gasteiger partial charge is 0.465 e. The van der Waals surface area contributed by atoms with Crippen LogP contribution < -0.4 is 5.73 Å². The van der Waals surface area contributed by atoms with E-state index in [-0.39, 0.29) is 17.9 Å². The van der Waals surface area contributed by atoms with E-state index < -0.39 is 0 Å². The van der Waals surface area contributed by atoms with Gasteiger partial charge >= 0.3 is 0 Å². The predicted molar refractivity (Wildman–Crippen MR) is 82.3 cm³/mol. The lowest BCUT2D eigenvalue weighted by molar-refractivity contribution is 0.174. The summed E-state index contributed by atoms with van der Waals surface area (Å²) in [6.07, 6.45) is 0.859. The first-order valence-corrected chi connectivity index (χ1v) is 7.28. The second kappa shape index (κ2) is 6.87. The molecule has 0 fully saturated rings. The summed E-state index contributed by atoms with van der Waals surface area (Å²) in [6, 6.07) is 10.5. The molecule has 1 aromatic heterocycles. The molecule has 21 heavy (non-hydrogen) atoms. The Labute approximate surface area is 125 Å². The van der Waals surface area contributed by atoms with Crippen LogP contribution >= 0.6 is 0 Å². The molecule has 2 rings (SSSR count). The van der Waals surface area contributed by atoms with Crippen LogP contribution in [0.15, 0.2) is 40.8 Å². The Kier molecular flexibility index (Phi) is 5.15. The lowest BCUT2D eigenvalue weighted by Gasteiger charge is -2.30. The lowest BCUT2D eigenvalue weighted by Crippen LogP contribution is -2.38. The summed E-state index contributed by atoms with van der Waals surface area (Å²) >= 11 is 0. The molecule has 2 aromatic rings. The van der Waals surface area contributed by atoms with Crippen molar-refractivity contribution in [2.45, 2.75) is 38.9 Å². The fourth-order valence-electron chi connectivity index (χ4n) is 2.57. The third-order valence-electron chi connectivity index (χ3n) is 3.75. The van der Waals surface area contributed by atoms with Gasteiger partial charge in [-0.05, 0) is 50.2 Å². The summed E-state index contributed by atoms with van der Waals surface area (Å²) in [6.45, 7) is 4.69. The third-order valence-corrected chi connectivity index (χ3v) is 3.75. The first-order valence-electron chi connectivity index (χ1n) is 7.28. The van der Waals surface area contributed by atoms with Crippen LogP contribution in [0.5, 0.6) is 0 Å². The molecular formula is C17H23FN2O. The van der Waals surface area contributed by atoms with Crippen molar-refractivity contribution in [1.29, 1.82) is 0 Å². The summed E-state index contributed by atoms with van der Waals surface area (Å²) in [5, 5.41) is 0. The van der Waals surface area contributed by atoms with Crippen LogP contribution in [0.4, 0.5) is 4.39 Å². The Morgan fingerprint density at radius 2 is 1.86 bits per heavy atom. The number of nitrogens with two attached hydrogens (primary N) is 1. The van der Waals surface area contributed by atoms with E-state index in [0.717, 1.165) is 23.5 Å². The topological polar surface area (TPSA) is 42.4 Å². The Balaban J connectivity index is 2.18. The fourth-order valence-corrected chi connectivity index (χ4v) is 2.57. The molecule has 114 valence electrons. The second-order valence-corrected chi connectivity index (χ2v) is 5.51. The van der Waals surface area contributed by atoms with Crippen LogP contribution in [0.1, 0.15) is 36.5 Å². The zero-order chi connectivity index (χ0) is 15.4. The van der Waals surface area contributed by atoms with Crippen molar-refractivity contribution in [1.82, 2.24) is 4.90 Å². The molecule has 1 aromatic carbocycles. The lowest BCUT2D eigenvalue weighted by atomic mass is 10.0. The number of hydrogen-bond acceptors (Lipinski definition) is 3. The molecule has 2 unspecified atom stereocenters. The van der Waals surface area contributed by atoms with E-state index in [9.17, 15) is 4.39 Å². The van der Waals surface area contributed by atoms with E-state index >= 15 is 0 Å². The summed E-state index contributed by atoms with van der Waals surface area (Å²) in [4.78, 5) is 2.15. The molecule has 0 aliphatic heterocycles. The maximum atomic E-state index is 13.0. The Hall–Kier alpha value is -1.65. The standard InChI is InChI=1S/C17H23FN2O/c1-4-15(19)17(16-10-5-12(2)21-16)20(3)11-13-6-8-14(18)9-7-13/h5-10,15,17H,4,11,19H2,1-3H3. The Morgan fingerprint density at radius 1 is 1.19 bits per heavy atom. The van der Waals surface area contributed by atoms with Crippen LogP contribution in [0.2, 0.25) is 0 Å². The molecule has 4 heteroatoms. The van der Waals surface area contributed by atoms with Crippen molar-refractivity contribution < 1.29 is 8.81 Å². The highest BCUT2D eigenvalue weighted by Gasteiger charge is 2.26. The SMILES string of the molecule is CCC(N)C(c1ccc(C)o1)N(C)Cc1ccc(F)cc1. The predicted octanol–water partition coefficient (Wildman–Crippen LogP) is 3.64. The van der Waals surface area contributed by atoms with Crippen LogP contribution in [0.25, 0.3) is 0 Å². The smallest absolute Gasteiger partial charge is 0.123 e. The van der Waals surface area contributed by atoms with E-state index in [0.29, 0.717) is 6.54 Å². The number of likely N-dealkylation sites (N-methyl/N-ethyl adjacent to an activating group) is 1.